The van der Waals surface area contributed by atoms with Gasteiger partial charge in [-0.15, -0.1) is 11.8 Å². The number of nitrogens with one attached hydrogen (secondary N) is 1. The molecule has 0 aliphatic heterocycles. The molecule has 0 aliphatic rings. The van der Waals surface area contributed by atoms with E-state index >= 15 is 0 Å². The van der Waals surface area contributed by atoms with Gasteiger partial charge in [0, 0.05) is 6.42 Å². The first-order valence-corrected chi connectivity index (χ1v) is 5.46. The van der Waals surface area contributed by atoms with E-state index in [4.69, 9.17) is 0 Å². The Kier molecular flexibility index (Phi) is 4.68. The fourth-order valence-corrected chi connectivity index (χ4v) is 1.07. The van der Waals surface area contributed by atoms with Gasteiger partial charge in [-0.05, 0) is 18.6 Å². The van der Waals surface area contributed by atoms with Crippen LogP contribution >= 0.6 is 11.8 Å². The Bertz CT molecular complexity index is 151. The summed E-state index contributed by atoms with van der Waals surface area (Å²) in [6.45, 7) is 8.19. The van der Waals surface area contributed by atoms with Gasteiger partial charge in [0.05, 0.1) is 5.37 Å². The standard InChI is InChI=1S/C9H19NOS/c1-7(12-5)10-8(11)6-9(2,3)4/h7H,6H2,1-5H3,(H,10,11). The minimum atomic E-state index is 0.0855. The van der Waals surface area contributed by atoms with Gasteiger partial charge in [0.1, 0.15) is 0 Å². The van der Waals surface area contributed by atoms with Crippen LogP contribution in [0.15, 0.2) is 0 Å². The van der Waals surface area contributed by atoms with Gasteiger partial charge >= 0.3 is 0 Å². The molecule has 1 atom stereocenters. The predicted molar refractivity (Wildman–Crippen MR) is 55.2 cm³/mol. The smallest absolute Gasteiger partial charge is 0.221 e. The minimum Gasteiger partial charge on any atom is -0.345 e. The van der Waals surface area contributed by atoms with Crippen molar-refractivity contribution in [3.05, 3.63) is 0 Å². The molecule has 0 saturated carbocycles. The molecule has 72 valence electrons. The Morgan fingerprint density at radius 3 is 2.33 bits per heavy atom. The molecule has 1 N–H and O–H groups in total. The van der Waals surface area contributed by atoms with Crippen LogP contribution in [0.3, 0.4) is 0 Å². The number of hydrogen-bond donors (Lipinski definition) is 1. The largest absolute Gasteiger partial charge is 0.345 e. The van der Waals surface area contributed by atoms with Crippen LogP contribution in [-0.4, -0.2) is 17.5 Å². The van der Waals surface area contributed by atoms with Crippen molar-refractivity contribution in [1.82, 2.24) is 5.32 Å². The summed E-state index contributed by atoms with van der Waals surface area (Å²) >= 11 is 1.65. The summed E-state index contributed by atoms with van der Waals surface area (Å²) in [4.78, 5) is 11.3. The van der Waals surface area contributed by atoms with Crippen LogP contribution in [0.4, 0.5) is 0 Å². The lowest BCUT2D eigenvalue weighted by Gasteiger charge is -2.19. The Hall–Kier alpha value is -0.180. The van der Waals surface area contributed by atoms with Crippen LogP contribution in [0.5, 0.6) is 0 Å². The van der Waals surface area contributed by atoms with E-state index in [0.717, 1.165) is 0 Å². The molecule has 1 amide bonds. The van der Waals surface area contributed by atoms with Gasteiger partial charge in [-0.3, -0.25) is 4.79 Å². The minimum absolute atomic E-state index is 0.0855. The lowest BCUT2D eigenvalue weighted by Crippen LogP contribution is -2.32. The fraction of sp³-hybridized carbons (Fsp3) is 0.889. The Morgan fingerprint density at radius 1 is 1.50 bits per heavy atom. The monoisotopic (exact) mass is 189 g/mol. The van der Waals surface area contributed by atoms with Crippen molar-refractivity contribution >= 4 is 17.7 Å². The normalized spacial score (nSPS) is 14.1. The molecule has 0 saturated heterocycles. The highest BCUT2D eigenvalue weighted by Crippen LogP contribution is 2.18. The molecule has 1 unspecified atom stereocenters. The Balaban J connectivity index is 3.75. The molecule has 0 spiro atoms. The molecule has 0 aromatic rings. The van der Waals surface area contributed by atoms with Crippen LogP contribution in [-0.2, 0) is 4.79 Å². The van der Waals surface area contributed by atoms with E-state index in [2.05, 4.69) is 26.1 Å². The first-order chi connectivity index (χ1) is 5.35. The number of hydrogen-bond acceptors (Lipinski definition) is 2. The van der Waals surface area contributed by atoms with Gasteiger partial charge in [0.15, 0.2) is 0 Å². The summed E-state index contributed by atoms with van der Waals surface area (Å²) in [5.41, 5.74) is 0.0855. The van der Waals surface area contributed by atoms with Gasteiger partial charge in [-0.2, -0.15) is 0 Å². The molecule has 0 aromatic heterocycles. The van der Waals surface area contributed by atoms with Crippen molar-refractivity contribution < 1.29 is 4.79 Å². The molecule has 0 rings (SSSR count). The third-order valence-electron chi connectivity index (χ3n) is 1.41. The SMILES string of the molecule is CSC(C)NC(=O)CC(C)(C)C. The summed E-state index contributed by atoms with van der Waals surface area (Å²) in [5, 5.41) is 3.13. The van der Waals surface area contributed by atoms with E-state index in [0.29, 0.717) is 6.42 Å². The number of carbonyl (C=O) groups is 1. The van der Waals surface area contributed by atoms with Crippen LogP contribution in [0, 0.1) is 5.41 Å². The third kappa shape index (κ3) is 6.53. The zero-order chi connectivity index (χ0) is 9.78. The fourth-order valence-electron chi connectivity index (χ4n) is 0.818. The van der Waals surface area contributed by atoms with Crippen molar-refractivity contribution in [2.24, 2.45) is 5.41 Å². The maximum absolute atomic E-state index is 11.3. The summed E-state index contributed by atoms with van der Waals surface area (Å²) < 4.78 is 0. The second-order valence-electron chi connectivity index (χ2n) is 4.18. The number of amides is 1. The molecule has 0 bridgehead atoms. The zero-order valence-corrected chi connectivity index (χ0v) is 9.42. The highest BCUT2D eigenvalue weighted by atomic mass is 32.2. The van der Waals surface area contributed by atoms with Crippen LogP contribution < -0.4 is 5.32 Å². The van der Waals surface area contributed by atoms with E-state index in [1.54, 1.807) is 11.8 Å². The summed E-state index contributed by atoms with van der Waals surface area (Å²) in [5.74, 6) is 0.143. The van der Waals surface area contributed by atoms with Gasteiger partial charge in [-0.1, -0.05) is 20.8 Å². The van der Waals surface area contributed by atoms with Crippen molar-refractivity contribution in [2.45, 2.75) is 39.5 Å². The molecular weight excluding hydrogens is 170 g/mol. The molecule has 0 heterocycles. The maximum Gasteiger partial charge on any atom is 0.221 e. The van der Waals surface area contributed by atoms with E-state index in [9.17, 15) is 4.79 Å². The summed E-state index contributed by atoms with van der Waals surface area (Å²) in [7, 11) is 0. The predicted octanol–water partition coefficient (Wildman–Crippen LogP) is 2.25. The molecule has 2 nitrogen and oxygen atoms in total. The lowest BCUT2D eigenvalue weighted by molar-refractivity contribution is -0.122. The van der Waals surface area contributed by atoms with Crippen molar-refractivity contribution in [3.63, 3.8) is 0 Å². The molecule has 0 radical (unpaired) electrons. The van der Waals surface area contributed by atoms with Gasteiger partial charge < -0.3 is 5.32 Å². The number of thioether (sulfide) groups is 1. The van der Waals surface area contributed by atoms with Gasteiger partial charge in [0.25, 0.3) is 0 Å². The zero-order valence-electron chi connectivity index (χ0n) is 8.60. The van der Waals surface area contributed by atoms with Crippen molar-refractivity contribution in [3.8, 4) is 0 Å². The molecule has 12 heavy (non-hydrogen) atoms. The molecule has 0 fully saturated rings. The van der Waals surface area contributed by atoms with Crippen LogP contribution in [0.1, 0.15) is 34.1 Å². The summed E-state index contributed by atoms with van der Waals surface area (Å²) in [6.07, 6.45) is 2.58. The van der Waals surface area contributed by atoms with E-state index in [1.165, 1.54) is 0 Å². The second kappa shape index (κ2) is 4.75. The van der Waals surface area contributed by atoms with Crippen LogP contribution in [0.25, 0.3) is 0 Å². The van der Waals surface area contributed by atoms with E-state index in [1.807, 2.05) is 13.2 Å². The lowest BCUT2D eigenvalue weighted by atomic mass is 9.92. The topological polar surface area (TPSA) is 29.1 Å². The van der Waals surface area contributed by atoms with E-state index in [-0.39, 0.29) is 16.7 Å². The Morgan fingerprint density at radius 2 is 2.00 bits per heavy atom. The first-order valence-electron chi connectivity index (χ1n) is 4.17. The highest BCUT2D eigenvalue weighted by molar-refractivity contribution is 7.99. The first kappa shape index (κ1) is 11.8. The molecule has 0 aromatic carbocycles. The van der Waals surface area contributed by atoms with Gasteiger partial charge in [0.2, 0.25) is 5.91 Å². The average Bonchev–Trinajstić information content (AvgIpc) is 1.82. The van der Waals surface area contributed by atoms with Crippen LogP contribution in [0.2, 0.25) is 0 Å². The highest BCUT2D eigenvalue weighted by Gasteiger charge is 2.16. The van der Waals surface area contributed by atoms with E-state index < -0.39 is 0 Å². The maximum atomic E-state index is 11.3. The van der Waals surface area contributed by atoms with Crippen molar-refractivity contribution in [2.75, 3.05) is 6.26 Å². The Labute approximate surface area is 79.5 Å². The third-order valence-corrected chi connectivity index (χ3v) is 2.23. The number of carbonyl (C=O) groups excluding carboxylic acids is 1. The van der Waals surface area contributed by atoms with Crippen molar-refractivity contribution in [1.29, 1.82) is 0 Å². The molecule has 0 aliphatic carbocycles. The summed E-state index contributed by atoms with van der Waals surface area (Å²) in [6, 6.07) is 0. The quantitative estimate of drug-likeness (QED) is 0.690. The molecular formula is C9H19NOS. The average molecular weight is 189 g/mol. The second-order valence-corrected chi connectivity index (χ2v) is 5.36. The number of rotatable bonds is 3. The van der Waals surface area contributed by atoms with Gasteiger partial charge in [-0.25, -0.2) is 0 Å². The molecule has 3 heteroatoms.